The van der Waals surface area contributed by atoms with Gasteiger partial charge in [0.15, 0.2) is 0 Å². The van der Waals surface area contributed by atoms with Gasteiger partial charge < -0.3 is 5.11 Å². The fourth-order valence-corrected chi connectivity index (χ4v) is 2.63. The third kappa shape index (κ3) is 2.71. The van der Waals surface area contributed by atoms with Crippen molar-refractivity contribution in [2.45, 2.75) is 38.2 Å². The monoisotopic (exact) mass is 252 g/mol. The largest absolute Gasteiger partial charge is 0.390 e. The van der Waals surface area contributed by atoms with Crippen molar-refractivity contribution in [3.8, 4) is 11.1 Å². The summed E-state index contributed by atoms with van der Waals surface area (Å²) in [4.78, 5) is 0. The summed E-state index contributed by atoms with van der Waals surface area (Å²) < 4.78 is 0. The molecule has 0 aliphatic heterocycles. The van der Waals surface area contributed by atoms with Gasteiger partial charge >= 0.3 is 0 Å². The second-order valence-corrected chi connectivity index (χ2v) is 5.61. The van der Waals surface area contributed by atoms with Gasteiger partial charge in [-0.05, 0) is 41.5 Å². The molecule has 0 aromatic heterocycles. The van der Waals surface area contributed by atoms with Gasteiger partial charge in [-0.3, -0.25) is 0 Å². The van der Waals surface area contributed by atoms with Crippen molar-refractivity contribution in [3.05, 3.63) is 59.7 Å². The first-order valence-electron chi connectivity index (χ1n) is 7.10. The van der Waals surface area contributed by atoms with Gasteiger partial charge in [0.25, 0.3) is 0 Å². The van der Waals surface area contributed by atoms with Gasteiger partial charge in [-0.25, -0.2) is 0 Å². The predicted molar refractivity (Wildman–Crippen MR) is 79.1 cm³/mol. The first-order valence-corrected chi connectivity index (χ1v) is 7.10. The smallest absolute Gasteiger partial charge is 0.0690 e. The van der Waals surface area contributed by atoms with Crippen molar-refractivity contribution < 1.29 is 5.11 Å². The molecule has 3 rings (SSSR count). The van der Waals surface area contributed by atoms with Gasteiger partial charge in [-0.2, -0.15) is 0 Å². The first-order chi connectivity index (χ1) is 9.20. The van der Waals surface area contributed by atoms with Crippen LogP contribution in [0.5, 0.6) is 0 Å². The van der Waals surface area contributed by atoms with E-state index in [2.05, 4.69) is 49.4 Å². The minimum absolute atomic E-state index is 0.415. The maximum Gasteiger partial charge on any atom is 0.0690 e. The summed E-state index contributed by atoms with van der Waals surface area (Å²) in [6.45, 7) is 2.19. The lowest BCUT2D eigenvalue weighted by atomic mass is 9.94. The lowest BCUT2D eigenvalue weighted by molar-refractivity contribution is 0.151. The van der Waals surface area contributed by atoms with Crippen molar-refractivity contribution >= 4 is 0 Å². The van der Waals surface area contributed by atoms with E-state index >= 15 is 0 Å². The Bertz CT molecular complexity index is 567. The highest BCUT2D eigenvalue weighted by molar-refractivity contribution is 5.68. The Morgan fingerprint density at radius 1 is 1.05 bits per heavy atom. The molecule has 0 spiro atoms. The summed E-state index contributed by atoms with van der Waals surface area (Å²) in [6, 6.07) is 17.2. The van der Waals surface area contributed by atoms with Crippen LogP contribution >= 0.6 is 0 Å². The normalized spacial score (nSPS) is 16.3. The molecular formula is C18H20O. The summed E-state index contributed by atoms with van der Waals surface area (Å²) in [6.07, 6.45) is 3.72. The van der Waals surface area contributed by atoms with Gasteiger partial charge in [0, 0.05) is 6.42 Å². The molecule has 1 nitrogen and oxygen atoms in total. The summed E-state index contributed by atoms with van der Waals surface area (Å²) in [5.74, 6) is 0. The van der Waals surface area contributed by atoms with Crippen LogP contribution in [0.25, 0.3) is 11.1 Å². The van der Waals surface area contributed by atoms with E-state index in [1.165, 1.54) is 22.3 Å². The zero-order chi connectivity index (χ0) is 13.3. The molecule has 1 aliphatic carbocycles. The van der Waals surface area contributed by atoms with Crippen LogP contribution in [-0.4, -0.2) is 10.7 Å². The molecule has 19 heavy (non-hydrogen) atoms. The highest BCUT2D eigenvalue weighted by atomic mass is 16.3. The Labute approximate surface area is 114 Å². The maximum absolute atomic E-state index is 10.1. The Balaban J connectivity index is 1.98. The zero-order valence-corrected chi connectivity index (χ0v) is 11.4. The van der Waals surface area contributed by atoms with Crippen molar-refractivity contribution in [2.24, 2.45) is 0 Å². The molecule has 98 valence electrons. The van der Waals surface area contributed by atoms with E-state index in [4.69, 9.17) is 0 Å². The van der Waals surface area contributed by atoms with Crippen molar-refractivity contribution in [3.63, 3.8) is 0 Å². The molecule has 1 fully saturated rings. The van der Waals surface area contributed by atoms with Crippen LogP contribution in [-0.2, 0) is 12.8 Å². The molecule has 2 aromatic carbocycles. The van der Waals surface area contributed by atoms with E-state index in [1.807, 2.05) is 6.07 Å². The number of aliphatic hydroxyl groups is 1. The molecule has 1 heteroatoms. The fourth-order valence-electron chi connectivity index (χ4n) is 2.63. The van der Waals surface area contributed by atoms with Gasteiger partial charge in [0.05, 0.1) is 5.60 Å². The average Bonchev–Trinajstić information content (AvgIpc) is 3.17. The number of aryl methyl sites for hydroxylation is 1. The number of rotatable bonds is 4. The Morgan fingerprint density at radius 2 is 1.79 bits per heavy atom. The summed E-state index contributed by atoms with van der Waals surface area (Å²) in [5, 5.41) is 10.1. The SMILES string of the molecule is CCc1ccc(CC2(O)CC2)cc1-c1ccccc1. The Morgan fingerprint density at radius 3 is 2.42 bits per heavy atom. The van der Waals surface area contributed by atoms with Gasteiger partial charge in [0.1, 0.15) is 0 Å². The van der Waals surface area contributed by atoms with E-state index in [-0.39, 0.29) is 0 Å². The predicted octanol–water partition coefficient (Wildman–Crippen LogP) is 3.98. The van der Waals surface area contributed by atoms with Crippen molar-refractivity contribution in [1.82, 2.24) is 0 Å². The van der Waals surface area contributed by atoms with E-state index in [0.717, 1.165) is 25.7 Å². The van der Waals surface area contributed by atoms with Crippen LogP contribution in [0, 0.1) is 0 Å². The van der Waals surface area contributed by atoms with Crippen LogP contribution < -0.4 is 0 Å². The maximum atomic E-state index is 10.1. The molecule has 0 atom stereocenters. The van der Waals surface area contributed by atoms with Crippen molar-refractivity contribution in [1.29, 1.82) is 0 Å². The summed E-state index contributed by atoms with van der Waals surface area (Å²) in [7, 11) is 0. The lowest BCUT2D eigenvalue weighted by Crippen LogP contribution is -2.10. The van der Waals surface area contributed by atoms with Crippen LogP contribution in [0.1, 0.15) is 30.9 Å². The highest BCUT2D eigenvalue weighted by Crippen LogP contribution is 2.39. The molecule has 0 unspecified atom stereocenters. The van der Waals surface area contributed by atoms with Crippen LogP contribution in [0.2, 0.25) is 0 Å². The average molecular weight is 252 g/mol. The second kappa shape index (κ2) is 4.82. The minimum atomic E-state index is -0.415. The Kier molecular flexibility index (Phi) is 3.16. The van der Waals surface area contributed by atoms with Gasteiger partial charge in [0.2, 0.25) is 0 Å². The van der Waals surface area contributed by atoms with E-state index < -0.39 is 5.60 Å². The number of hydrogen-bond donors (Lipinski definition) is 1. The quantitative estimate of drug-likeness (QED) is 0.872. The zero-order valence-electron chi connectivity index (χ0n) is 11.4. The molecule has 2 aromatic rings. The van der Waals surface area contributed by atoms with Gasteiger partial charge in [-0.15, -0.1) is 0 Å². The summed E-state index contributed by atoms with van der Waals surface area (Å²) >= 11 is 0. The molecule has 1 saturated carbocycles. The van der Waals surface area contributed by atoms with Crippen molar-refractivity contribution in [2.75, 3.05) is 0 Å². The molecule has 0 amide bonds. The summed E-state index contributed by atoms with van der Waals surface area (Å²) in [5.41, 5.74) is 4.78. The lowest BCUT2D eigenvalue weighted by Gasteiger charge is -2.13. The van der Waals surface area contributed by atoms with E-state index in [9.17, 15) is 5.11 Å². The molecule has 0 radical (unpaired) electrons. The molecule has 0 saturated heterocycles. The highest BCUT2D eigenvalue weighted by Gasteiger charge is 2.40. The van der Waals surface area contributed by atoms with Crippen LogP contribution in [0.15, 0.2) is 48.5 Å². The number of hydrogen-bond acceptors (Lipinski definition) is 1. The standard InChI is InChI=1S/C18H20O/c1-2-15-9-8-14(13-18(19)10-11-18)12-17(15)16-6-4-3-5-7-16/h3-9,12,19H,2,10-11,13H2,1H3. The third-order valence-electron chi connectivity index (χ3n) is 4.00. The minimum Gasteiger partial charge on any atom is -0.390 e. The molecule has 1 aliphatic rings. The van der Waals surface area contributed by atoms with E-state index in [1.54, 1.807) is 0 Å². The number of benzene rings is 2. The molecule has 0 bridgehead atoms. The second-order valence-electron chi connectivity index (χ2n) is 5.61. The van der Waals surface area contributed by atoms with E-state index in [0.29, 0.717) is 0 Å². The fraction of sp³-hybridized carbons (Fsp3) is 0.333. The third-order valence-corrected chi connectivity index (χ3v) is 4.00. The molecule has 0 heterocycles. The molecule has 1 N–H and O–H groups in total. The van der Waals surface area contributed by atoms with Gasteiger partial charge in [-0.1, -0.05) is 55.5 Å². The van der Waals surface area contributed by atoms with Crippen LogP contribution in [0.3, 0.4) is 0 Å². The molecular weight excluding hydrogens is 232 g/mol. The topological polar surface area (TPSA) is 20.2 Å². The van der Waals surface area contributed by atoms with Crippen LogP contribution in [0.4, 0.5) is 0 Å². The Hall–Kier alpha value is -1.60. The first kappa shape index (κ1) is 12.4.